The van der Waals surface area contributed by atoms with Gasteiger partial charge in [0.2, 0.25) is 10.0 Å². The fourth-order valence-corrected chi connectivity index (χ4v) is 3.40. The molecule has 1 aromatic carbocycles. The topological polar surface area (TPSA) is 102 Å². The second-order valence-electron chi connectivity index (χ2n) is 5.99. The molecule has 0 atom stereocenters. The lowest BCUT2D eigenvalue weighted by Gasteiger charge is -2.10. The van der Waals surface area contributed by atoms with Crippen molar-refractivity contribution in [3.8, 4) is 5.75 Å². The molecule has 0 bridgehead atoms. The summed E-state index contributed by atoms with van der Waals surface area (Å²) in [5.41, 5.74) is 2.24. The Morgan fingerprint density at radius 3 is 2.89 bits per heavy atom. The minimum absolute atomic E-state index is 0.0136. The second kappa shape index (κ2) is 8.09. The zero-order valence-corrected chi connectivity index (χ0v) is 15.6. The average molecular weight is 388 g/mol. The number of fused-ring (bicyclic) bond motifs is 1. The lowest BCUT2D eigenvalue weighted by atomic mass is 10.2. The van der Waals surface area contributed by atoms with E-state index in [0.29, 0.717) is 11.4 Å². The number of sulfonamides is 1. The van der Waals surface area contributed by atoms with Crippen molar-refractivity contribution in [2.24, 2.45) is 0 Å². The number of pyridine rings is 1. The molecule has 0 aliphatic carbocycles. The molecule has 3 aromatic rings. The molecule has 0 saturated carbocycles. The molecule has 0 aliphatic heterocycles. The molecule has 2 N–H and O–H groups in total. The number of hydrogen-bond acceptors (Lipinski definition) is 5. The molecule has 1 amide bonds. The Labute approximate surface area is 157 Å². The number of carbonyl (C=O) groups is 1. The van der Waals surface area contributed by atoms with E-state index in [0.717, 1.165) is 11.1 Å². The van der Waals surface area contributed by atoms with Crippen LogP contribution in [0, 0.1) is 6.92 Å². The Bertz CT molecular complexity index is 1050. The second-order valence-corrected chi connectivity index (χ2v) is 7.83. The molecule has 2 aromatic heterocycles. The van der Waals surface area contributed by atoms with Gasteiger partial charge in [0, 0.05) is 18.9 Å². The van der Waals surface area contributed by atoms with E-state index < -0.39 is 10.0 Å². The average Bonchev–Trinajstić information content (AvgIpc) is 3.07. The van der Waals surface area contributed by atoms with Crippen molar-refractivity contribution in [1.82, 2.24) is 14.9 Å². The third-order valence-electron chi connectivity index (χ3n) is 3.73. The first kappa shape index (κ1) is 18.7. The number of anilines is 1. The summed E-state index contributed by atoms with van der Waals surface area (Å²) in [7, 11) is -3.59. The number of carbonyl (C=O) groups excluding carboxylic acids is 1. The lowest BCUT2D eigenvalue weighted by molar-refractivity contribution is -0.122. The summed E-state index contributed by atoms with van der Waals surface area (Å²) >= 11 is 0. The maximum absolute atomic E-state index is 12.2. The van der Waals surface area contributed by atoms with Crippen LogP contribution in [0.4, 0.5) is 5.69 Å². The lowest BCUT2D eigenvalue weighted by Crippen LogP contribution is -2.34. The number of benzene rings is 1. The van der Waals surface area contributed by atoms with Crippen LogP contribution in [0.15, 0.2) is 54.9 Å². The summed E-state index contributed by atoms with van der Waals surface area (Å²) in [4.78, 5) is 11.8. The SMILES string of the molecule is Cc1cccc(OCC(=O)NCCS(=O)(=O)Nc2ccn3nccc3c2)c1. The van der Waals surface area contributed by atoms with E-state index in [1.807, 2.05) is 25.1 Å². The molecular formula is C18H20N4O4S. The van der Waals surface area contributed by atoms with E-state index in [1.54, 1.807) is 41.2 Å². The van der Waals surface area contributed by atoms with Gasteiger partial charge in [0.15, 0.2) is 6.61 Å². The normalized spacial score (nSPS) is 11.3. The van der Waals surface area contributed by atoms with Crippen LogP contribution >= 0.6 is 0 Å². The fourth-order valence-electron chi connectivity index (χ4n) is 2.45. The number of amides is 1. The predicted octanol–water partition coefficient (Wildman–Crippen LogP) is 1.58. The summed E-state index contributed by atoms with van der Waals surface area (Å²) < 4.78 is 33.8. The number of nitrogens with one attached hydrogen (secondary N) is 2. The van der Waals surface area contributed by atoms with Crippen molar-refractivity contribution in [1.29, 1.82) is 0 Å². The van der Waals surface area contributed by atoms with Gasteiger partial charge in [-0.25, -0.2) is 12.9 Å². The molecule has 0 saturated heterocycles. The maximum Gasteiger partial charge on any atom is 0.257 e. The fraction of sp³-hybridized carbons (Fsp3) is 0.222. The molecule has 27 heavy (non-hydrogen) atoms. The van der Waals surface area contributed by atoms with Crippen LogP contribution < -0.4 is 14.8 Å². The number of rotatable bonds is 8. The van der Waals surface area contributed by atoms with Gasteiger partial charge in [0.1, 0.15) is 5.75 Å². The van der Waals surface area contributed by atoms with Crippen LogP contribution in [0.1, 0.15) is 5.56 Å². The molecule has 8 nitrogen and oxygen atoms in total. The van der Waals surface area contributed by atoms with E-state index in [-0.39, 0.29) is 24.8 Å². The van der Waals surface area contributed by atoms with E-state index in [2.05, 4.69) is 15.1 Å². The van der Waals surface area contributed by atoms with Gasteiger partial charge in [0.05, 0.1) is 17.0 Å². The molecule has 2 heterocycles. The Kier molecular flexibility index (Phi) is 5.60. The van der Waals surface area contributed by atoms with Gasteiger partial charge in [-0.05, 0) is 42.8 Å². The first-order chi connectivity index (χ1) is 12.9. The highest BCUT2D eigenvalue weighted by Crippen LogP contribution is 2.13. The van der Waals surface area contributed by atoms with E-state index in [4.69, 9.17) is 4.74 Å². The van der Waals surface area contributed by atoms with Gasteiger partial charge in [-0.2, -0.15) is 5.10 Å². The Morgan fingerprint density at radius 2 is 2.07 bits per heavy atom. The van der Waals surface area contributed by atoms with Crippen molar-refractivity contribution < 1.29 is 17.9 Å². The zero-order valence-electron chi connectivity index (χ0n) is 14.8. The molecule has 9 heteroatoms. The number of aryl methyl sites for hydroxylation is 1. The minimum atomic E-state index is -3.59. The van der Waals surface area contributed by atoms with E-state index in [1.165, 1.54) is 0 Å². The van der Waals surface area contributed by atoms with Gasteiger partial charge in [-0.1, -0.05) is 12.1 Å². The maximum atomic E-state index is 12.2. The highest BCUT2D eigenvalue weighted by atomic mass is 32.2. The van der Waals surface area contributed by atoms with Crippen LogP contribution in [-0.4, -0.2) is 42.8 Å². The summed E-state index contributed by atoms with van der Waals surface area (Å²) in [6.45, 7) is 1.74. The zero-order chi connectivity index (χ0) is 19.3. The Balaban J connectivity index is 1.44. The number of aromatic nitrogens is 2. The van der Waals surface area contributed by atoms with Crippen LogP contribution in [-0.2, 0) is 14.8 Å². The summed E-state index contributed by atoms with van der Waals surface area (Å²) in [5, 5.41) is 6.59. The number of ether oxygens (including phenoxy) is 1. The van der Waals surface area contributed by atoms with Gasteiger partial charge in [-0.15, -0.1) is 0 Å². The first-order valence-corrected chi connectivity index (χ1v) is 9.97. The van der Waals surface area contributed by atoms with Crippen LogP contribution in [0.2, 0.25) is 0 Å². The quantitative estimate of drug-likeness (QED) is 0.610. The van der Waals surface area contributed by atoms with Crippen molar-refractivity contribution in [2.45, 2.75) is 6.92 Å². The smallest absolute Gasteiger partial charge is 0.257 e. The standard InChI is InChI=1S/C18H20N4O4S/c1-14-3-2-4-17(11-14)26-13-18(23)19-8-10-27(24,25)21-15-6-9-22-16(12-15)5-7-20-22/h2-7,9,11-12,21H,8,10,13H2,1H3,(H,19,23). The summed E-state index contributed by atoms with van der Waals surface area (Å²) in [5.74, 6) is -0.0322. The van der Waals surface area contributed by atoms with Crippen molar-refractivity contribution >= 4 is 27.1 Å². The molecular weight excluding hydrogens is 368 g/mol. The highest BCUT2D eigenvalue weighted by molar-refractivity contribution is 7.92. The summed E-state index contributed by atoms with van der Waals surface area (Å²) in [6.07, 6.45) is 3.29. The number of nitrogens with zero attached hydrogens (tertiary/aromatic N) is 2. The first-order valence-electron chi connectivity index (χ1n) is 8.31. The van der Waals surface area contributed by atoms with Crippen molar-refractivity contribution in [3.63, 3.8) is 0 Å². The molecule has 3 rings (SSSR count). The van der Waals surface area contributed by atoms with Crippen molar-refractivity contribution in [2.75, 3.05) is 23.6 Å². The molecule has 0 aliphatic rings. The van der Waals surface area contributed by atoms with Crippen LogP contribution in [0.3, 0.4) is 0 Å². The van der Waals surface area contributed by atoms with Gasteiger partial charge in [0.25, 0.3) is 5.91 Å². The van der Waals surface area contributed by atoms with E-state index in [9.17, 15) is 13.2 Å². The highest BCUT2D eigenvalue weighted by Gasteiger charge is 2.12. The van der Waals surface area contributed by atoms with Crippen LogP contribution in [0.25, 0.3) is 5.52 Å². The largest absolute Gasteiger partial charge is 0.484 e. The number of hydrogen-bond donors (Lipinski definition) is 2. The third kappa shape index (κ3) is 5.45. The Morgan fingerprint density at radius 1 is 1.22 bits per heavy atom. The monoisotopic (exact) mass is 388 g/mol. The van der Waals surface area contributed by atoms with Gasteiger partial charge >= 0.3 is 0 Å². The van der Waals surface area contributed by atoms with Gasteiger partial charge < -0.3 is 10.1 Å². The molecule has 0 unspecified atom stereocenters. The van der Waals surface area contributed by atoms with Gasteiger partial charge in [-0.3, -0.25) is 9.52 Å². The van der Waals surface area contributed by atoms with E-state index >= 15 is 0 Å². The Hall–Kier alpha value is -3.07. The summed E-state index contributed by atoms with van der Waals surface area (Å²) in [6, 6.07) is 12.4. The minimum Gasteiger partial charge on any atom is -0.484 e. The molecule has 142 valence electrons. The molecule has 0 spiro atoms. The van der Waals surface area contributed by atoms with Crippen molar-refractivity contribution in [3.05, 3.63) is 60.4 Å². The van der Waals surface area contributed by atoms with Crippen LogP contribution in [0.5, 0.6) is 5.75 Å². The third-order valence-corrected chi connectivity index (χ3v) is 5.01. The molecule has 0 radical (unpaired) electrons. The molecule has 0 fully saturated rings. The predicted molar refractivity (Wildman–Crippen MR) is 102 cm³/mol.